The molecule has 0 aliphatic heterocycles. The quantitative estimate of drug-likeness (QED) is 0.778. The van der Waals surface area contributed by atoms with Gasteiger partial charge in [0.15, 0.2) is 5.75 Å². The third kappa shape index (κ3) is 2.96. The van der Waals surface area contributed by atoms with E-state index in [9.17, 15) is 4.79 Å². The molecule has 0 spiro atoms. The van der Waals surface area contributed by atoms with Gasteiger partial charge in [0.1, 0.15) is 6.61 Å². The van der Waals surface area contributed by atoms with E-state index in [0.717, 1.165) is 12.3 Å². The van der Waals surface area contributed by atoms with Gasteiger partial charge in [-0.15, -0.1) is 0 Å². The SMILES string of the molecule is CCn1cc(OCCn2ccccc2=O)cn1. The highest BCUT2D eigenvalue weighted by atomic mass is 16.5. The molecule has 0 aliphatic rings. The second-order valence-electron chi connectivity index (χ2n) is 3.61. The van der Waals surface area contributed by atoms with Crippen LogP contribution in [0.1, 0.15) is 6.92 Å². The second-order valence-corrected chi connectivity index (χ2v) is 3.61. The number of pyridine rings is 1. The van der Waals surface area contributed by atoms with Crippen molar-refractivity contribution in [3.8, 4) is 5.75 Å². The highest BCUT2D eigenvalue weighted by molar-refractivity contribution is 5.11. The Kier molecular flexibility index (Phi) is 3.59. The molecule has 2 heterocycles. The Morgan fingerprint density at radius 2 is 2.29 bits per heavy atom. The number of ether oxygens (including phenoxy) is 1. The summed E-state index contributed by atoms with van der Waals surface area (Å²) in [6.07, 6.45) is 5.27. The first-order valence-electron chi connectivity index (χ1n) is 5.60. The van der Waals surface area contributed by atoms with Crippen molar-refractivity contribution in [2.45, 2.75) is 20.0 Å². The molecule has 5 nitrogen and oxygen atoms in total. The van der Waals surface area contributed by atoms with Crippen LogP contribution in [-0.4, -0.2) is 21.0 Å². The van der Waals surface area contributed by atoms with Crippen molar-refractivity contribution in [2.24, 2.45) is 0 Å². The minimum atomic E-state index is -0.0136. The molecule has 0 amide bonds. The van der Waals surface area contributed by atoms with E-state index in [2.05, 4.69) is 5.10 Å². The van der Waals surface area contributed by atoms with Crippen LogP contribution in [0.25, 0.3) is 0 Å². The number of hydrogen-bond acceptors (Lipinski definition) is 3. The molecule has 0 bridgehead atoms. The van der Waals surface area contributed by atoms with Gasteiger partial charge in [-0.2, -0.15) is 5.10 Å². The first kappa shape index (κ1) is 11.4. The third-order valence-corrected chi connectivity index (χ3v) is 2.43. The van der Waals surface area contributed by atoms with Gasteiger partial charge in [0, 0.05) is 18.8 Å². The zero-order valence-corrected chi connectivity index (χ0v) is 9.74. The van der Waals surface area contributed by atoms with Gasteiger partial charge in [-0.05, 0) is 13.0 Å². The molecule has 0 radical (unpaired) electrons. The molecule has 2 aromatic heterocycles. The maximum Gasteiger partial charge on any atom is 0.250 e. The Balaban J connectivity index is 1.87. The normalized spacial score (nSPS) is 10.4. The Bertz CT molecular complexity index is 530. The Hall–Kier alpha value is -2.04. The second kappa shape index (κ2) is 5.34. The van der Waals surface area contributed by atoms with Gasteiger partial charge in [0.2, 0.25) is 0 Å². The standard InChI is InChI=1S/C12H15N3O2/c1-2-15-10-11(9-13-15)17-8-7-14-6-4-3-5-12(14)16/h3-6,9-10H,2,7-8H2,1H3. The summed E-state index contributed by atoms with van der Waals surface area (Å²) in [5, 5.41) is 4.10. The van der Waals surface area contributed by atoms with Crippen molar-refractivity contribution < 1.29 is 4.74 Å². The van der Waals surface area contributed by atoms with Gasteiger partial charge in [-0.25, -0.2) is 0 Å². The van der Waals surface area contributed by atoms with Crippen LogP contribution in [0, 0.1) is 0 Å². The summed E-state index contributed by atoms with van der Waals surface area (Å²) in [5.74, 6) is 0.732. The monoisotopic (exact) mass is 233 g/mol. The highest BCUT2D eigenvalue weighted by Gasteiger charge is 1.98. The number of rotatable bonds is 5. The van der Waals surface area contributed by atoms with Crippen molar-refractivity contribution in [3.05, 3.63) is 47.1 Å². The van der Waals surface area contributed by atoms with Crippen LogP contribution in [0.15, 0.2) is 41.6 Å². The Morgan fingerprint density at radius 3 is 3.00 bits per heavy atom. The van der Waals surface area contributed by atoms with Crippen molar-refractivity contribution in [2.75, 3.05) is 6.61 Å². The van der Waals surface area contributed by atoms with Gasteiger partial charge >= 0.3 is 0 Å². The predicted molar refractivity (Wildman–Crippen MR) is 64.1 cm³/mol. The Labute approximate surface area is 99.3 Å². The molecule has 0 saturated carbocycles. The molecule has 0 unspecified atom stereocenters. The van der Waals surface area contributed by atoms with Crippen molar-refractivity contribution in [1.29, 1.82) is 0 Å². The van der Waals surface area contributed by atoms with E-state index in [1.54, 1.807) is 27.7 Å². The van der Waals surface area contributed by atoms with E-state index in [0.29, 0.717) is 13.2 Å². The van der Waals surface area contributed by atoms with Crippen LogP contribution in [-0.2, 0) is 13.1 Å². The van der Waals surface area contributed by atoms with Crippen molar-refractivity contribution in [3.63, 3.8) is 0 Å². The lowest BCUT2D eigenvalue weighted by Gasteiger charge is -2.05. The van der Waals surface area contributed by atoms with Crippen LogP contribution in [0.2, 0.25) is 0 Å². The highest BCUT2D eigenvalue weighted by Crippen LogP contribution is 2.07. The fourth-order valence-electron chi connectivity index (χ4n) is 1.50. The van der Waals surface area contributed by atoms with E-state index < -0.39 is 0 Å². The summed E-state index contributed by atoms with van der Waals surface area (Å²) in [4.78, 5) is 11.4. The molecule has 0 aliphatic carbocycles. The molecule has 0 aromatic carbocycles. The number of aromatic nitrogens is 3. The van der Waals surface area contributed by atoms with Crippen LogP contribution >= 0.6 is 0 Å². The van der Waals surface area contributed by atoms with Gasteiger partial charge in [0.25, 0.3) is 5.56 Å². The molecule has 0 N–H and O–H groups in total. The zero-order chi connectivity index (χ0) is 12.1. The summed E-state index contributed by atoms with van der Waals surface area (Å²) in [6, 6.07) is 5.09. The average molecular weight is 233 g/mol. The number of nitrogens with zero attached hydrogens (tertiary/aromatic N) is 3. The topological polar surface area (TPSA) is 49.0 Å². The third-order valence-electron chi connectivity index (χ3n) is 2.43. The molecule has 90 valence electrons. The number of aryl methyl sites for hydroxylation is 1. The predicted octanol–water partition coefficient (Wildman–Crippen LogP) is 1.14. The fraction of sp³-hybridized carbons (Fsp3) is 0.333. The summed E-state index contributed by atoms with van der Waals surface area (Å²) >= 11 is 0. The molecule has 2 rings (SSSR count). The minimum absolute atomic E-state index is 0.0136. The molecule has 2 aromatic rings. The van der Waals surface area contributed by atoms with Crippen LogP contribution in [0.5, 0.6) is 5.75 Å². The fourth-order valence-corrected chi connectivity index (χ4v) is 1.50. The molecule has 17 heavy (non-hydrogen) atoms. The van der Waals surface area contributed by atoms with Gasteiger partial charge in [0.05, 0.1) is 18.9 Å². The molecule has 0 fully saturated rings. The Morgan fingerprint density at radius 1 is 1.41 bits per heavy atom. The van der Waals surface area contributed by atoms with Gasteiger partial charge in [-0.1, -0.05) is 6.07 Å². The maximum absolute atomic E-state index is 11.4. The van der Waals surface area contributed by atoms with Crippen LogP contribution in [0.3, 0.4) is 0 Å². The van der Waals surface area contributed by atoms with E-state index in [1.807, 2.05) is 19.2 Å². The van der Waals surface area contributed by atoms with E-state index in [1.165, 1.54) is 6.07 Å². The van der Waals surface area contributed by atoms with Crippen LogP contribution in [0.4, 0.5) is 0 Å². The molecule has 0 atom stereocenters. The van der Waals surface area contributed by atoms with Crippen molar-refractivity contribution >= 4 is 0 Å². The molecule has 0 saturated heterocycles. The lowest BCUT2D eigenvalue weighted by Crippen LogP contribution is -2.21. The lowest BCUT2D eigenvalue weighted by molar-refractivity contribution is 0.296. The molecular formula is C12H15N3O2. The largest absolute Gasteiger partial charge is 0.488 e. The van der Waals surface area contributed by atoms with E-state index >= 15 is 0 Å². The van der Waals surface area contributed by atoms with Gasteiger partial charge < -0.3 is 9.30 Å². The van der Waals surface area contributed by atoms with Crippen molar-refractivity contribution in [1.82, 2.24) is 14.3 Å². The van der Waals surface area contributed by atoms with E-state index in [4.69, 9.17) is 4.74 Å². The molecule has 5 heteroatoms. The smallest absolute Gasteiger partial charge is 0.250 e. The summed E-state index contributed by atoms with van der Waals surface area (Å²) in [5.41, 5.74) is -0.0136. The summed E-state index contributed by atoms with van der Waals surface area (Å²) in [6.45, 7) is 3.83. The van der Waals surface area contributed by atoms with Crippen LogP contribution < -0.4 is 10.3 Å². The van der Waals surface area contributed by atoms with E-state index in [-0.39, 0.29) is 5.56 Å². The first-order valence-corrected chi connectivity index (χ1v) is 5.60. The minimum Gasteiger partial charge on any atom is -0.488 e. The first-order chi connectivity index (χ1) is 8.29. The zero-order valence-electron chi connectivity index (χ0n) is 9.74. The average Bonchev–Trinajstić information content (AvgIpc) is 2.80. The number of hydrogen-bond donors (Lipinski definition) is 0. The summed E-state index contributed by atoms with van der Waals surface area (Å²) < 4.78 is 8.92. The van der Waals surface area contributed by atoms with Gasteiger partial charge in [-0.3, -0.25) is 9.48 Å². The lowest BCUT2D eigenvalue weighted by atomic mass is 10.4. The summed E-state index contributed by atoms with van der Waals surface area (Å²) in [7, 11) is 0. The molecular weight excluding hydrogens is 218 g/mol. The maximum atomic E-state index is 11.4.